The summed E-state index contributed by atoms with van der Waals surface area (Å²) >= 11 is 16.1. The number of ether oxygens (including phenoxy) is 3. The third-order valence-corrected chi connectivity index (χ3v) is 19.3. The number of aryl methyl sites for hydroxylation is 2. The summed E-state index contributed by atoms with van der Waals surface area (Å²) in [4.78, 5) is 76.2. The van der Waals surface area contributed by atoms with Gasteiger partial charge in [-0.05, 0) is 234 Å². The Morgan fingerprint density at radius 2 is 1.09 bits per heavy atom. The van der Waals surface area contributed by atoms with Crippen molar-refractivity contribution in [1.82, 2.24) is 55.1 Å². The Balaban J connectivity index is 0.000000216. The van der Waals surface area contributed by atoms with E-state index in [2.05, 4.69) is 53.6 Å². The normalized spacial score (nSPS) is 12.5. The van der Waals surface area contributed by atoms with Crippen molar-refractivity contribution < 1.29 is 57.9 Å². The molecule has 0 aliphatic carbocycles. The molecule has 0 fully saturated rings. The Morgan fingerprint density at radius 3 is 1.54 bits per heavy atom. The first-order valence-corrected chi connectivity index (χ1v) is 39.7. The molecule has 0 saturated heterocycles. The van der Waals surface area contributed by atoms with E-state index in [1.807, 2.05) is 151 Å². The smallest absolute Gasteiger partial charge is 0.251 e. The van der Waals surface area contributed by atoms with Crippen LogP contribution in [0.2, 0.25) is 10.0 Å². The number of aromatic nitrogens is 6. The molecule has 10 aromatic rings. The van der Waals surface area contributed by atoms with Crippen LogP contribution >= 0.6 is 39.1 Å². The lowest BCUT2D eigenvalue weighted by Crippen LogP contribution is -2.53. The van der Waals surface area contributed by atoms with Crippen LogP contribution < -0.4 is 46.5 Å². The second kappa shape index (κ2) is 41.7. The number of fused-ring (bicyclic) bond motifs is 1. The molecule has 0 aliphatic heterocycles. The molecule has 28 heteroatoms. The first kappa shape index (κ1) is 90.0. The number of carbonyl (C=O) groups is 5. The number of pyridine rings is 1. The zero-order chi connectivity index (χ0) is 84.0. The highest BCUT2D eigenvalue weighted by molar-refractivity contribution is 9.10. The number of halogens is 4. The number of imidazole rings is 3. The van der Waals surface area contributed by atoms with Gasteiger partial charge in [-0.3, -0.25) is 24.0 Å². The van der Waals surface area contributed by atoms with Gasteiger partial charge in [0, 0.05) is 103 Å². The fourth-order valence-electron chi connectivity index (χ4n) is 12.4. The van der Waals surface area contributed by atoms with Gasteiger partial charge in [0.25, 0.3) is 17.7 Å². The van der Waals surface area contributed by atoms with E-state index in [1.54, 1.807) is 93.1 Å². The minimum absolute atomic E-state index is 0.0232. The van der Waals surface area contributed by atoms with Gasteiger partial charge in [-0.15, -0.1) is 0 Å². The maximum absolute atomic E-state index is 15.1. The van der Waals surface area contributed by atoms with Crippen LogP contribution in [0.15, 0.2) is 163 Å². The lowest BCUT2D eigenvalue weighted by Gasteiger charge is -2.23. The fraction of sp³-hybridized carbons (Fsp3) is 0.368. The molecule has 4 aromatic heterocycles. The Kier molecular flexibility index (Phi) is 32.6. The van der Waals surface area contributed by atoms with Gasteiger partial charge in [-0.25, -0.2) is 19.3 Å². The van der Waals surface area contributed by atoms with E-state index in [-0.39, 0.29) is 79.3 Å². The Hall–Kier alpha value is -10.5. The molecule has 10 N–H and O–H groups in total. The molecule has 4 heterocycles. The highest BCUT2D eigenvalue weighted by Crippen LogP contribution is 2.32. The topological polar surface area (TPSA) is 337 Å². The van der Waals surface area contributed by atoms with E-state index in [4.69, 9.17) is 53.1 Å². The molecule has 6 aromatic carbocycles. The molecule has 0 spiro atoms. The highest BCUT2D eigenvalue weighted by Gasteiger charge is 2.28. The maximum Gasteiger partial charge on any atom is 0.251 e. The summed E-state index contributed by atoms with van der Waals surface area (Å²) in [5, 5.41) is 54.3. The van der Waals surface area contributed by atoms with Crippen LogP contribution in [0.4, 0.5) is 4.39 Å². The van der Waals surface area contributed by atoms with Crippen LogP contribution in [0.5, 0.6) is 17.2 Å². The van der Waals surface area contributed by atoms with Crippen molar-refractivity contribution in [1.29, 1.82) is 5.26 Å². The fourth-order valence-corrected chi connectivity index (χ4v) is 13.3. The summed E-state index contributed by atoms with van der Waals surface area (Å²) in [6.45, 7) is 25.0. The second-order valence-corrected chi connectivity index (χ2v) is 31.4. The minimum atomic E-state index is -1.16. The summed E-state index contributed by atoms with van der Waals surface area (Å²) in [6.07, 6.45) is 10.2. The summed E-state index contributed by atoms with van der Waals surface area (Å²) in [5.74, 6) is 0.948. The van der Waals surface area contributed by atoms with Crippen LogP contribution in [0.3, 0.4) is 0 Å². The van der Waals surface area contributed by atoms with Crippen LogP contribution in [0.1, 0.15) is 174 Å². The van der Waals surface area contributed by atoms with Crippen molar-refractivity contribution in [3.8, 4) is 57.1 Å². The predicted molar refractivity (Wildman–Crippen MR) is 449 cm³/mol. The SMILES string of the molecule is CC(C)Oc1ccc(C(=O)NC(CNC(=O)C(C)(C)N)Cc2ccc(-c3cn4cccc(Br)c4n3)cc2)cc1C#N.CCn1cc(-c2ccc(CC(CCO)NC(=O)c3ccc(OC(C)C)c(Cl)c3)cc2)nc1C(C)NC=O.CCn1cc(-c2ccc(CC(CCO)NC(=O)c3ccc(OC(C)C)c(Cl)c3)cc2F)nc1C(C)(C)O. The maximum atomic E-state index is 15.1. The monoisotopic (exact) mass is 1670 g/mol. The number of hydrogen-bond donors (Lipinski definition) is 9. The molecule has 610 valence electrons. The zero-order valence-electron chi connectivity index (χ0n) is 67.0. The quantitative estimate of drug-likeness (QED) is 0.0169. The molecule has 115 heavy (non-hydrogen) atoms. The average Bonchev–Trinajstić information content (AvgIpc) is 1.65. The summed E-state index contributed by atoms with van der Waals surface area (Å²) in [6, 6.07) is 39.9. The van der Waals surface area contributed by atoms with Gasteiger partial charge in [-0.2, -0.15) is 5.26 Å². The number of aliphatic hydroxyl groups is 3. The van der Waals surface area contributed by atoms with Gasteiger partial charge < -0.3 is 75.4 Å². The van der Waals surface area contributed by atoms with E-state index in [0.717, 1.165) is 56.1 Å². The molecule has 0 bridgehead atoms. The van der Waals surface area contributed by atoms with E-state index in [9.17, 15) is 44.6 Å². The molecule has 0 saturated carbocycles. The molecule has 0 aliphatic rings. The van der Waals surface area contributed by atoms with Crippen LogP contribution in [-0.4, -0.2) is 136 Å². The van der Waals surface area contributed by atoms with Crippen molar-refractivity contribution in [3.63, 3.8) is 0 Å². The molecule has 4 unspecified atom stereocenters. The van der Waals surface area contributed by atoms with Crippen LogP contribution in [0, 0.1) is 17.1 Å². The average molecular weight is 1680 g/mol. The minimum Gasteiger partial charge on any atom is -0.490 e. The Bertz CT molecular complexity index is 5010. The molecule has 0 radical (unpaired) electrons. The number of amides is 5. The van der Waals surface area contributed by atoms with Crippen LogP contribution in [0.25, 0.3) is 39.4 Å². The summed E-state index contributed by atoms with van der Waals surface area (Å²) in [7, 11) is 0. The largest absolute Gasteiger partial charge is 0.490 e. The number of benzene rings is 6. The Morgan fingerprint density at radius 1 is 0.617 bits per heavy atom. The van der Waals surface area contributed by atoms with Gasteiger partial charge in [0.15, 0.2) is 5.65 Å². The first-order valence-electron chi connectivity index (χ1n) is 38.1. The number of nitrogens with zero attached hydrogens (tertiary/aromatic N) is 7. The van der Waals surface area contributed by atoms with E-state index >= 15 is 4.39 Å². The van der Waals surface area contributed by atoms with E-state index in [0.29, 0.717) is 112 Å². The zero-order valence-corrected chi connectivity index (χ0v) is 70.1. The third-order valence-electron chi connectivity index (χ3n) is 18.1. The molecular formula is C87H103BrCl2FN13O11. The van der Waals surface area contributed by atoms with Crippen LogP contribution in [-0.2, 0) is 47.5 Å². The first-order chi connectivity index (χ1) is 54.6. The number of carbonyl (C=O) groups excluding carboxylic acids is 5. The number of nitrogens with one attached hydrogen (secondary N) is 5. The lowest BCUT2D eigenvalue weighted by molar-refractivity contribution is -0.125. The Labute approximate surface area is 689 Å². The summed E-state index contributed by atoms with van der Waals surface area (Å²) in [5.41, 5.74) is 12.9. The van der Waals surface area contributed by atoms with Gasteiger partial charge in [0.2, 0.25) is 12.3 Å². The molecule has 10 rings (SSSR count). The molecule has 5 amide bonds. The number of rotatable bonds is 34. The van der Waals surface area contributed by atoms with Gasteiger partial charge in [0.05, 0.1) is 73.1 Å². The van der Waals surface area contributed by atoms with Gasteiger partial charge >= 0.3 is 0 Å². The van der Waals surface area contributed by atoms with Crippen molar-refractivity contribution in [2.24, 2.45) is 5.73 Å². The molecule has 24 nitrogen and oxygen atoms in total. The van der Waals surface area contributed by atoms with Crippen molar-refractivity contribution in [2.45, 2.75) is 189 Å². The lowest BCUT2D eigenvalue weighted by atomic mass is 10.0. The number of nitriles is 1. The van der Waals surface area contributed by atoms with Crippen molar-refractivity contribution in [2.75, 3.05) is 19.8 Å². The standard InChI is InChI=1S/C31H33BrN6O3.C28H35ClFN3O4.C28H35ClN4O4/c1-19(2)41-27-12-11-22(15-23(27)16-33)29(39)36-24(17-35-30(40)31(3,4)34)14-20-7-9-21(10-8-20)26-18-38-13-5-6-25(32)28(38)37-26;1-6-33-16-24(32-27(33)28(4,5)36)21-9-7-18(14-23(21)30)13-20(11-12-34)31-26(35)19-8-10-25(22(29)15-19)37-17(2)3;1-5-33-16-25(32-27(33)19(4)30-17-35)21-8-6-20(7-9-21)14-23(12-13-34)31-28(36)22-10-11-26(24(29)15-22)37-18(2)3/h5-13,15,18-19,24H,14,17,34H2,1-4H3,(H,35,40)(H,36,39);7-10,14-17,20,34,36H,6,11-13H2,1-5H3,(H,31,35);6-11,15-19,23,34H,5,12-14H2,1-4H3,(H,30,35)(H,31,36). The predicted octanol–water partition coefficient (Wildman–Crippen LogP) is 14.3. The van der Waals surface area contributed by atoms with E-state index in [1.165, 1.54) is 18.2 Å². The molecular weight excluding hydrogens is 1570 g/mol. The summed E-state index contributed by atoms with van der Waals surface area (Å²) < 4.78 is 38.7. The highest BCUT2D eigenvalue weighted by atomic mass is 79.9. The van der Waals surface area contributed by atoms with Gasteiger partial charge in [-0.1, -0.05) is 77.8 Å². The van der Waals surface area contributed by atoms with Crippen molar-refractivity contribution >= 4 is 74.8 Å². The number of nitrogens with two attached hydrogens (primary N) is 1. The van der Waals surface area contributed by atoms with Crippen molar-refractivity contribution in [3.05, 3.63) is 229 Å². The number of aliphatic hydroxyl groups excluding tert-OH is 2. The third kappa shape index (κ3) is 25.7. The van der Waals surface area contributed by atoms with E-state index < -0.39 is 29.0 Å². The second-order valence-electron chi connectivity index (χ2n) is 29.7. The number of hydrogen-bond acceptors (Lipinski definition) is 16. The molecule has 4 atom stereocenters. The van der Waals surface area contributed by atoms with Gasteiger partial charge in [0.1, 0.15) is 46.4 Å².